The first-order valence-corrected chi connectivity index (χ1v) is 11.7. The molecular weight excluding hydrogens is 384 g/mol. The van der Waals surface area contributed by atoms with E-state index in [0.29, 0.717) is 0 Å². The van der Waals surface area contributed by atoms with E-state index in [-0.39, 0.29) is 5.91 Å². The van der Waals surface area contributed by atoms with Crippen LogP contribution < -0.4 is 5.32 Å². The SMILES string of the molecule is O=C(Nc1ccc(CCN2CCSCC2)cc1)c1sccc1-c1ccccc1. The van der Waals surface area contributed by atoms with Gasteiger partial charge in [0.05, 0.1) is 4.88 Å². The molecule has 0 atom stereocenters. The topological polar surface area (TPSA) is 32.3 Å². The van der Waals surface area contributed by atoms with E-state index in [1.807, 2.05) is 65.7 Å². The van der Waals surface area contributed by atoms with Gasteiger partial charge >= 0.3 is 0 Å². The van der Waals surface area contributed by atoms with Gasteiger partial charge in [-0.1, -0.05) is 42.5 Å². The Balaban J connectivity index is 1.37. The number of thioether (sulfide) groups is 1. The molecule has 0 aliphatic carbocycles. The van der Waals surface area contributed by atoms with Crippen molar-refractivity contribution < 1.29 is 4.79 Å². The van der Waals surface area contributed by atoms with Crippen LogP contribution in [0.25, 0.3) is 11.1 Å². The van der Waals surface area contributed by atoms with Crippen molar-refractivity contribution in [2.45, 2.75) is 6.42 Å². The van der Waals surface area contributed by atoms with Gasteiger partial charge in [-0.2, -0.15) is 11.8 Å². The molecule has 1 fully saturated rings. The van der Waals surface area contributed by atoms with Crippen molar-refractivity contribution in [3.8, 4) is 11.1 Å². The Labute approximate surface area is 174 Å². The van der Waals surface area contributed by atoms with Gasteiger partial charge in [-0.25, -0.2) is 0 Å². The number of hydrogen-bond donors (Lipinski definition) is 1. The van der Waals surface area contributed by atoms with Crippen molar-refractivity contribution >= 4 is 34.7 Å². The maximum atomic E-state index is 12.8. The monoisotopic (exact) mass is 408 g/mol. The summed E-state index contributed by atoms with van der Waals surface area (Å²) in [6.07, 6.45) is 1.06. The molecule has 0 bridgehead atoms. The van der Waals surface area contributed by atoms with Crippen LogP contribution in [0.15, 0.2) is 66.0 Å². The zero-order chi connectivity index (χ0) is 19.2. The highest BCUT2D eigenvalue weighted by Crippen LogP contribution is 2.29. The Morgan fingerprint density at radius 2 is 1.71 bits per heavy atom. The minimum atomic E-state index is -0.0487. The maximum Gasteiger partial charge on any atom is 0.266 e. The average molecular weight is 409 g/mol. The molecule has 28 heavy (non-hydrogen) atoms. The van der Waals surface area contributed by atoms with Crippen LogP contribution in [0.4, 0.5) is 5.69 Å². The third kappa shape index (κ3) is 4.85. The quantitative estimate of drug-likeness (QED) is 0.604. The number of carbonyl (C=O) groups excluding carboxylic acids is 1. The first-order chi connectivity index (χ1) is 13.8. The number of rotatable bonds is 6. The molecule has 0 spiro atoms. The molecule has 2 aromatic carbocycles. The molecule has 1 N–H and O–H groups in total. The predicted molar refractivity (Wildman–Crippen MR) is 122 cm³/mol. The molecule has 0 unspecified atom stereocenters. The lowest BCUT2D eigenvalue weighted by Crippen LogP contribution is -2.34. The molecule has 1 aromatic heterocycles. The van der Waals surface area contributed by atoms with Crippen molar-refractivity contribution in [2.24, 2.45) is 0 Å². The van der Waals surface area contributed by atoms with Crippen molar-refractivity contribution in [1.82, 2.24) is 4.90 Å². The second-order valence-electron chi connectivity index (χ2n) is 6.88. The number of anilines is 1. The Bertz CT molecular complexity index is 900. The maximum absolute atomic E-state index is 12.8. The van der Waals surface area contributed by atoms with E-state index in [0.717, 1.165) is 34.7 Å². The van der Waals surface area contributed by atoms with Gasteiger partial charge in [0, 0.05) is 42.4 Å². The summed E-state index contributed by atoms with van der Waals surface area (Å²) in [4.78, 5) is 16.1. The van der Waals surface area contributed by atoms with Gasteiger partial charge in [-0.15, -0.1) is 11.3 Å². The summed E-state index contributed by atoms with van der Waals surface area (Å²) in [6, 6.07) is 20.3. The molecule has 0 radical (unpaired) electrons. The Morgan fingerprint density at radius 3 is 2.46 bits per heavy atom. The average Bonchev–Trinajstić information content (AvgIpc) is 3.25. The van der Waals surface area contributed by atoms with Gasteiger partial charge in [0.15, 0.2) is 0 Å². The molecule has 1 amide bonds. The first kappa shape index (κ1) is 19.2. The second-order valence-corrected chi connectivity index (χ2v) is 9.03. The lowest BCUT2D eigenvalue weighted by Gasteiger charge is -2.26. The third-order valence-electron chi connectivity index (χ3n) is 4.99. The Hall–Kier alpha value is -2.08. The van der Waals surface area contributed by atoms with Crippen LogP contribution in [0.5, 0.6) is 0 Å². The molecule has 3 nitrogen and oxygen atoms in total. The zero-order valence-corrected chi connectivity index (χ0v) is 17.4. The lowest BCUT2D eigenvalue weighted by molar-refractivity contribution is 0.103. The molecule has 3 aromatic rings. The van der Waals surface area contributed by atoms with Crippen molar-refractivity contribution in [3.05, 3.63) is 76.5 Å². The van der Waals surface area contributed by atoms with E-state index in [9.17, 15) is 4.79 Å². The second kappa shape index (κ2) is 9.41. The number of nitrogens with one attached hydrogen (secondary N) is 1. The van der Waals surface area contributed by atoms with E-state index in [1.165, 1.54) is 41.5 Å². The van der Waals surface area contributed by atoms with Crippen LogP contribution in [-0.2, 0) is 6.42 Å². The van der Waals surface area contributed by atoms with Crippen molar-refractivity contribution in [2.75, 3.05) is 36.5 Å². The molecule has 4 rings (SSSR count). The molecule has 5 heteroatoms. The zero-order valence-electron chi connectivity index (χ0n) is 15.8. The molecule has 1 aliphatic rings. The van der Waals surface area contributed by atoms with E-state index in [2.05, 4.69) is 22.3 Å². The van der Waals surface area contributed by atoms with Gasteiger partial charge in [-0.05, 0) is 41.1 Å². The highest BCUT2D eigenvalue weighted by molar-refractivity contribution is 7.99. The summed E-state index contributed by atoms with van der Waals surface area (Å²) in [5.41, 5.74) is 4.22. The van der Waals surface area contributed by atoms with E-state index < -0.39 is 0 Å². The predicted octanol–water partition coefficient (Wildman–Crippen LogP) is 5.26. The standard InChI is InChI=1S/C23H24N2OS2/c26-23(22-21(11-15-28-22)19-4-2-1-3-5-19)24-20-8-6-18(7-9-20)10-12-25-13-16-27-17-14-25/h1-9,11,15H,10,12-14,16-17H2,(H,24,26). The fourth-order valence-electron chi connectivity index (χ4n) is 3.38. The van der Waals surface area contributed by atoms with Crippen LogP contribution in [0.1, 0.15) is 15.2 Å². The molecule has 1 saturated heterocycles. The van der Waals surface area contributed by atoms with Gasteiger partial charge in [0.25, 0.3) is 5.91 Å². The number of benzene rings is 2. The fraction of sp³-hybridized carbons (Fsp3) is 0.261. The third-order valence-corrected chi connectivity index (χ3v) is 6.84. The number of hydrogen-bond acceptors (Lipinski definition) is 4. The van der Waals surface area contributed by atoms with Crippen molar-refractivity contribution in [1.29, 1.82) is 0 Å². The van der Waals surface area contributed by atoms with Crippen molar-refractivity contribution in [3.63, 3.8) is 0 Å². The van der Waals surface area contributed by atoms with E-state index >= 15 is 0 Å². The molecule has 144 valence electrons. The minimum absolute atomic E-state index is 0.0487. The summed E-state index contributed by atoms with van der Waals surface area (Å²) in [7, 11) is 0. The van der Waals surface area contributed by atoms with Gasteiger partial charge in [-0.3, -0.25) is 4.79 Å². The Kier molecular flexibility index (Phi) is 6.47. The number of nitrogens with zero attached hydrogens (tertiary/aromatic N) is 1. The summed E-state index contributed by atoms with van der Waals surface area (Å²) in [5, 5.41) is 5.02. The van der Waals surface area contributed by atoms with Crippen LogP contribution in [-0.4, -0.2) is 41.9 Å². The summed E-state index contributed by atoms with van der Waals surface area (Å²) in [5.74, 6) is 2.45. The first-order valence-electron chi connectivity index (χ1n) is 9.63. The Morgan fingerprint density at radius 1 is 0.964 bits per heavy atom. The van der Waals surface area contributed by atoms with E-state index in [1.54, 1.807) is 0 Å². The van der Waals surface area contributed by atoms with Gasteiger partial charge in [0.2, 0.25) is 0 Å². The van der Waals surface area contributed by atoms with Crippen LogP contribution in [0.2, 0.25) is 0 Å². The largest absolute Gasteiger partial charge is 0.321 e. The van der Waals surface area contributed by atoms with E-state index in [4.69, 9.17) is 0 Å². The highest BCUT2D eigenvalue weighted by Gasteiger charge is 2.15. The highest BCUT2D eigenvalue weighted by atomic mass is 32.2. The summed E-state index contributed by atoms with van der Waals surface area (Å²) >= 11 is 3.52. The number of carbonyl (C=O) groups is 1. The van der Waals surface area contributed by atoms with Crippen LogP contribution in [0.3, 0.4) is 0 Å². The van der Waals surface area contributed by atoms with Crippen LogP contribution >= 0.6 is 23.1 Å². The van der Waals surface area contributed by atoms with Crippen LogP contribution in [0, 0.1) is 0 Å². The minimum Gasteiger partial charge on any atom is -0.321 e. The fourth-order valence-corrected chi connectivity index (χ4v) is 5.17. The smallest absolute Gasteiger partial charge is 0.266 e. The molecule has 2 heterocycles. The molecule has 1 aliphatic heterocycles. The summed E-state index contributed by atoms with van der Waals surface area (Å²) in [6.45, 7) is 3.51. The van der Waals surface area contributed by atoms with Gasteiger partial charge in [0.1, 0.15) is 0 Å². The molecular formula is C23H24N2OS2. The number of thiophene rings is 1. The normalized spacial score (nSPS) is 14.7. The molecule has 0 saturated carbocycles. The lowest BCUT2D eigenvalue weighted by atomic mass is 10.1. The van der Waals surface area contributed by atoms with Gasteiger partial charge < -0.3 is 10.2 Å². The summed E-state index contributed by atoms with van der Waals surface area (Å²) < 4.78 is 0. The number of amides is 1.